The summed E-state index contributed by atoms with van der Waals surface area (Å²) in [6, 6.07) is 12.1. The molecule has 1 amide bonds. The molecule has 126 valence electrons. The highest BCUT2D eigenvalue weighted by Gasteiger charge is 2.22. The van der Waals surface area contributed by atoms with E-state index in [1.54, 1.807) is 36.4 Å². The molecule has 0 heterocycles. The van der Waals surface area contributed by atoms with Crippen molar-refractivity contribution in [1.82, 2.24) is 5.32 Å². The molecule has 1 aliphatic rings. The van der Waals surface area contributed by atoms with Gasteiger partial charge in [-0.25, -0.2) is 0 Å². The Morgan fingerprint density at radius 3 is 2.88 bits per heavy atom. The molecule has 2 atom stereocenters. The molecule has 0 spiro atoms. The molecular weight excluding hydrogens is 326 g/mol. The van der Waals surface area contributed by atoms with E-state index >= 15 is 0 Å². The van der Waals surface area contributed by atoms with Crippen LogP contribution in [0.15, 0.2) is 42.5 Å². The highest BCUT2D eigenvalue weighted by molar-refractivity contribution is 6.30. The van der Waals surface area contributed by atoms with Crippen molar-refractivity contribution >= 4 is 17.5 Å². The molecule has 0 aliphatic heterocycles. The number of halogens is 1. The second-order valence-electron chi connectivity index (χ2n) is 6.26. The van der Waals surface area contributed by atoms with Gasteiger partial charge in [0, 0.05) is 11.6 Å². The number of hydrogen-bond donors (Lipinski definition) is 3. The SMILES string of the molecule is O=C(NC[C@@H]1CCc2ccc(O)cc2C1)[C@H](O)c1cccc(Cl)c1. The fraction of sp³-hybridized carbons (Fsp3) is 0.316. The molecule has 0 saturated carbocycles. The minimum Gasteiger partial charge on any atom is -0.508 e. The fourth-order valence-corrected chi connectivity index (χ4v) is 3.36. The Morgan fingerprint density at radius 1 is 1.25 bits per heavy atom. The molecule has 0 bridgehead atoms. The molecule has 24 heavy (non-hydrogen) atoms. The molecule has 0 aromatic heterocycles. The van der Waals surface area contributed by atoms with Gasteiger partial charge in [-0.15, -0.1) is 0 Å². The molecule has 2 aromatic rings. The molecule has 3 rings (SSSR count). The fourth-order valence-electron chi connectivity index (χ4n) is 3.16. The van der Waals surface area contributed by atoms with Crippen molar-refractivity contribution in [3.05, 3.63) is 64.2 Å². The van der Waals surface area contributed by atoms with Gasteiger partial charge in [-0.1, -0.05) is 29.8 Å². The first-order chi connectivity index (χ1) is 11.5. The molecule has 0 unspecified atom stereocenters. The van der Waals surface area contributed by atoms with E-state index < -0.39 is 12.0 Å². The predicted octanol–water partition coefficient (Wildman–Crippen LogP) is 3.00. The number of aliphatic hydroxyl groups excluding tert-OH is 1. The van der Waals surface area contributed by atoms with Gasteiger partial charge in [0.05, 0.1) is 0 Å². The second kappa shape index (κ2) is 7.24. The quantitative estimate of drug-likeness (QED) is 0.797. The average molecular weight is 346 g/mol. The number of benzene rings is 2. The van der Waals surface area contributed by atoms with Gasteiger partial charge in [-0.3, -0.25) is 4.79 Å². The van der Waals surface area contributed by atoms with Crippen LogP contribution in [0.5, 0.6) is 5.75 Å². The zero-order chi connectivity index (χ0) is 17.1. The first-order valence-corrected chi connectivity index (χ1v) is 8.43. The van der Waals surface area contributed by atoms with Crippen molar-refractivity contribution in [3.8, 4) is 5.75 Å². The van der Waals surface area contributed by atoms with Gasteiger partial charge in [-0.05, 0) is 66.1 Å². The number of nitrogens with one attached hydrogen (secondary N) is 1. The Balaban J connectivity index is 1.57. The molecule has 4 nitrogen and oxygen atoms in total. The summed E-state index contributed by atoms with van der Waals surface area (Å²) in [7, 11) is 0. The summed E-state index contributed by atoms with van der Waals surface area (Å²) < 4.78 is 0. The third kappa shape index (κ3) is 3.89. The summed E-state index contributed by atoms with van der Waals surface area (Å²) in [5.41, 5.74) is 2.88. The largest absolute Gasteiger partial charge is 0.508 e. The van der Waals surface area contributed by atoms with Crippen molar-refractivity contribution in [1.29, 1.82) is 0 Å². The first-order valence-electron chi connectivity index (χ1n) is 8.05. The van der Waals surface area contributed by atoms with Crippen molar-refractivity contribution in [2.45, 2.75) is 25.4 Å². The van der Waals surface area contributed by atoms with Crippen LogP contribution in [0.3, 0.4) is 0 Å². The Morgan fingerprint density at radius 2 is 2.08 bits per heavy atom. The summed E-state index contributed by atoms with van der Waals surface area (Å²) in [6.07, 6.45) is 1.51. The third-order valence-corrected chi connectivity index (χ3v) is 4.73. The minimum atomic E-state index is -1.22. The molecule has 0 radical (unpaired) electrons. The highest BCUT2D eigenvalue weighted by atomic mass is 35.5. The molecule has 0 fully saturated rings. The van der Waals surface area contributed by atoms with Crippen molar-refractivity contribution in [2.24, 2.45) is 5.92 Å². The van der Waals surface area contributed by atoms with Gasteiger partial charge >= 0.3 is 0 Å². The van der Waals surface area contributed by atoms with Gasteiger partial charge < -0.3 is 15.5 Å². The number of aliphatic hydroxyl groups is 1. The summed E-state index contributed by atoms with van der Waals surface area (Å²) in [5, 5.41) is 23.0. The predicted molar refractivity (Wildman–Crippen MR) is 93.0 cm³/mol. The van der Waals surface area contributed by atoms with Crippen LogP contribution in [0.2, 0.25) is 5.02 Å². The molecule has 5 heteroatoms. The molecule has 3 N–H and O–H groups in total. The summed E-state index contributed by atoms with van der Waals surface area (Å²) in [6.45, 7) is 0.506. The second-order valence-corrected chi connectivity index (χ2v) is 6.70. The first kappa shape index (κ1) is 16.8. The van der Waals surface area contributed by atoms with Crippen LogP contribution < -0.4 is 5.32 Å². The zero-order valence-corrected chi connectivity index (χ0v) is 14.0. The Hall–Kier alpha value is -2.04. The number of hydrogen-bond acceptors (Lipinski definition) is 3. The number of aromatic hydroxyl groups is 1. The monoisotopic (exact) mass is 345 g/mol. The van der Waals surface area contributed by atoms with E-state index in [1.165, 1.54) is 5.56 Å². The van der Waals surface area contributed by atoms with Crippen LogP contribution in [0.25, 0.3) is 0 Å². The number of fused-ring (bicyclic) bond motifs is 1. The van der Waals surface area contributed by atoms with Gasteiger partial charge in [-0.2, -0.15) is 0 Å². The third-order valence-electron chi connectivity index (χ3n) is 4.50. The number of carbonyl (C=O) groups is 1. The number of amides is 1. The van der Waals surface area contributed by atoms with E-state index in [0.717, 1.165) is 24.8 Å². The van der Waals surface area contributed by atoms with Gasteiger partial charge in [0.15, 0.2) is 6.10 Å². The van der Waals surface area contributed by atoms with Crippen LogP contribution >= 0.6 is 11.6 Å². The zero-order valence-electron chi connectivity index (χ0n) is 13.2. The Bertz CT molecular complexity index is 747. The summed E-state index contributed by atoms with van der Waals surface area (Å²) in [5.74, 6) is 0.156. The highest BCUT2D eigenvalue weighted by Crippen LogP contribution is 2.28. The van der Waals surface area contributed by atoms with E-state index in [2.05, 4.69) is 5.32 Å². The number of aryl methyl sites for hydroxylation is 1. The number of rotatable bonds is 4. The topological polar surface area (TPSA) is 69.6 Å². The van der Waals surface area contributed by atoms with Crippen LogP contribution in [0.4, 0.5) is 0 Å². The van der Waals surface area contributed by atoms with E-state index in [0.29, 0.717) is 23.0 Å². The van der Waals surface area contributed by atoms with Crippen LogP contribution in [0.1, 0.15) is 29.2 Å². The summed E-state index contributed by atoms with van der Waals surface area (Å²) >= 11 is 5.89. The van der Waals surface area contributed by atoms with Gasteiger partial charge in [0.2, 0.25) is 0 Å². The molecule has 1 aliphatic carbocycles. The number of carbonyl (C=O) groups excluding carboxylic acids is 1. The Labute approximate surface area is 146 Å². The lowest BCUT2D eigenvalue weighted by molar-refractivity contribution is -0.129. The van der Waals surface area contributed by atoms with Crippen molar-refractivity contribution in [2.75, 3.05) is 6.54 Å². The molecule has 0 saturated heterocycles. The number of phenolic OH excluding ortho intramolecular Hbond substituents is 1. The van der Waals surface area contributed by atoms with Crippen molar-refractivity contribution in [3.63, 3.8) is 0 Å². The molecular formula is C19H20ClNO3. The maximum absolute atomic E-state index is 12.2. The van der Waals surface area contributed by atoms with Crippen LogP contribution in [-0.4, -0.2) is 22.7 Å². The van der Waals surface area contributed by atoms with E-state index in [-0.39, 0.29) is 5.75 Å². The van der Waals surface area contributed by atoms with E-state index in [9.17, 15) is 15.0 Å². The van der Waals surface area contributed by atoms with Crippen LogP contribution in [-0.2, 0) is 17.6 Å². The van der Waals surface area contributed by atoms with Gasteiger partial charge in [0.1, 0.15) is 5.75 Å². The van der Waals surface area contributed by atoms with E-state index in [1.807, 2.05) is 6.07 Å². The molecule has 2 aromatic carbocycles. The van der Waals surface area contributed by atoms with Gasteiger partial charge in [0.25, 0.3) is 5.91 Å². The van der Waals surface area contributed by atoms with Crippen LogP contribution in [0, 0.1) is 5.92 Å². The van der Waals surface area contributed by atoms with Crippen molar-refractivity contribution < 1.29 is 15.0 Å². The Kier molecular flexibility index (Phi) is 5.07. The summed E-state index contributed by atoms with van der Waals surface area (Å²) in [4.78, 5) is 12.2. The lowest BCUT2D eigenvalue weighted by Gasteiger charge is -2.25. The average Bonchev–Trinajstić information content (AvgIpc) is 2.58. The normalized spacial score (nSPS) is 17.8. The lowest BCUT2D eigenvalue weighted by atomic mass is 9.83. The van der Waals surface area contributed by atoms with E-state index in [4.69, 9.17) is 11.6 Å². The number of phenols is 1. The smallest absolute Gasteiger partial charge is 0.253 e. The maximum atomic E-state index is 12.2. The lowest BCUT2D eigenvalue weighted by Crippen LogP contribution is -2.35. The minimum absolute atomic E-state index is 0.273. The maximum Gasteiger partial charge on any atom is 0.253 e. The standard InChI is InChI=1S/C19H20ClNO3/c20-16-3-1-2-14(9-16)18(23)19(24)21-11-12-4-5-13-6-7-17(22)10-15(13)8-12/h1-3,6-7,9-10,12,18,22-23H,4-5,8,11H2,(H,21,24)/t12-,18-/m1/s1.